The number of halogens is 1. The molecule has 0 saturated heterocycles. The van der Waals surface area contributed by atoms with E-state index < -0.39 is 0 Å². The summed E-state index contributed by atoms with van der Waals surface area (Å²) >= 11 is 8.20. The van der Waals surface area contributed by atoms with Crippen LogP contribution in [0.5, 0.6) is 0 Å². The summed E-state index contributed by atoms with van der Waals surface area (Å²) in [5.41, 5.74) is 4.19. The summed E-state index contributed by atoms with van der Waals surface area (Å²) in [4.78, 5) is 12.9. The second kappa shape index (κ2) is 5.04. The maximum absolute atomic E-state index is 11.5. The molecule has 1 atom stereocenters. The van der Waals surface area contributed by atoms with Crippen molar-refractivity contribution in [1.82, 2.24) is 0 Å². The molecule has 1 aliphatic carbocycles. The number of aryl methyl sites for hydroxylation is 1. The largest absolute Gasteiger partial charge is 0.377 e. The van der Waals surface area contributed by atoms with Crippen LogP contribution in [0.25, 0.3) is 0 Å². The number of nitrogens with one attached hydrogen (secondary N) is 2. The number of benzene rings is 1. The summed E-state index contributed by atoms with van der Waals surface area (Å²) in [5.74, 6) is 0.0380. The minimum absolute atomic E-state index is 0.0380. The Labute approximate surface area is 132 Å². The predicted octanol–water partition coefficient (Wildman–Crippen LogP) is 4.39. The minimum atomic E-state index is 0.0380. The van der Waals surface area contributed by atoms with Crippen molar-refractivity contribution in [2.45, 2.75) is 31.7 Å². The maximum atomic E-state index is 11.5. The smallest absolute Gasteiger partial charge is 0.228 e. The van der Waals surface area contributed by atoms with Crippen molar-refractivity contribution in [2.24, 2.45) is 0 Å². The Kier molecular flexibility index (Phi) is 3.16. The average molecular weight is 319 g/mol. The van der Waals surface area contributed by atoms with E-state index in [1.54, 1.807) is 0 Å². The monoisotopic (exact) mass is 318 g/mol. The summed E-state index contributed by atoms with van der Waals surface area (Å²) < 4.78 is 0. The second-order valence-electron chi connectivity index (χ2n) is 5.60. The van der Waals surface area contributed by atoms with Crippen LogP contribution in [0.15, 0.2) is 23.6 Å². The predicted molar refractivity (Wildman–Crippen MR) is 87.4 cm³/mol. The van der Waals surface area contributed by atoms with Crippen molar-refractivity contribution in [3.8, 4) is 0 Å². The summed E-state index contributed by atoms with van der Waals surface area (Å²) in [7, 11) is 0. The van der Waals surface area contributed by atoms with Gasteiger partial charge in [0.25, 0.3) is 0 Å². The Morgan fingerprint density at radius 1 is 1.38 bits per heavy atom. The lowest BCUT2D eigenvalue weighted by atomic mass is 9.93. The summed E-state index contributed by atoms with van der Waals surface area (Å²) in [6.07, 6.45) is 3.94. The third kappa shape index (κ3) is 2.32. The van der Waals surface area contributed by atoms with Crippen LogP contribution in [0.2, 0.25) is 5.02 Å². The van der Waals surface area contributed by atoms with Crippen LogP contribution in [0.1, 0.15) is 34.9 Å². The SMILES string of the molecule is O=C1Cc2cc(NC3CCCc4sccc43)c(Cl)cc2N1. The van der Waals surface area contributed by atoms with E-state index in [1.807, 2.05) is 23.5 Å². The van der Waals surface area contributed by atoms with E-state index in [9.17, 15) is 4.79 Å². The molecule has 2 aromatic rings. The lowest BCUT2D eigenvalue weighted by Gasteiger charge is -2.25. The Hall–Kier alpha value is -1.52. The molecule has 1 aliphatic heterocycles. The molecule has 21 heavy (non-hydrogen) atoms. The molecule has 2 N–H and O–H groups in total. The van der Waals surface area contributed by atoms with Gasteiger partial charge in [-0.05, 0) is 54.0 Å². The van der Waals surface area contributed by atoms with Gasteiger partial charge in [0.1, 0.15) is 0 Å². The quantitative estimate of drug-likeness (QED) is 0.862. The third-order valence-electron chi connectivity index (χ3n) is 4.20. The lowest BCUT2D eigenvalue weighted by molar-refractivity contribution is -0.115. The molecule has 0 fully saturated rings. The number of fused-ring (bicyclic) bond motifs is 2. The Bertz CT molecular complexity index is 725. The molecule has 1 aromatic carbocycles. The zero-order chi connectivity index (χ0) is 14.4. The maximum Gasteiger partial charge on any atom is 0.228 e. The normalized spacial score (nSPS) is 19.9. The van der Waals surface area contributed by atoms with Crippen LogP contribution in [0, 0.1) is 0 Å². The van der Waals surface area contributed by atoms with Gasteiger partial charge < -0.3 is 10.6 Å². The average Bonchev–Trinajstić information content (AvgIpc) is 3.05. The standard InChI is InChI=1S/C16H15ClN2OS/c17-11-8-13-9(7-16(20)19-13)6-14(11)18-12-2-1-3-15-10(12)4-5-21-15/h4-6,8,12,18H,1-3,7H2,(H,19,20). The van der Waals surface area contributed by atoms with Gasteiger partial charge in [-0.3, -0.25) is 4.79 Å². The number of carbonyl (C=O) groups is 1. The molecule has 5 heteroatoms. The highest BCUT2D eigenvalue weighted by Gasteiger charge is 2.24. The Balaban J connectivity index is 1.65. The number of thiophene rings is 1. The van der Waals surface area contributed by atoms with Crippen molar-refractivity contribution in [3.05, 3.63) is 44.6 Å². The number of carbonyl (C=O) groups excluding carboxylic acids is 1. The first kappa shape index (κ1) is 13.2. The van der Waals surface area contributed by atoms with Crippen LogP contribution in [0.4, 0.5) is 11.4 Å². The zero-order valence-electron chi connectivity index (χ0n) is 11.4. The molecule has 2 aliphatic rings. The van der Waals surface area contributed by atoms with E-state index in [1.165, 1.54) is 23.3 Å². The Morgan fingerprint density at radius 2 is 2.29 bits per heavy atom. The van der Waals surface area contributed by atoms with Gasteiger partial charge in [-0.15, -0.1) is 11.3 Å². The molecule has 1 amide bonds. The fourth-order valence-corrected chi connectivity index (χ4v) is 4.39. The molecule has 1 aromatic heterocycles. The highest BCUT2D eigenvalue weighted by atomic mass is 35.5. The van der Waals surface area contributed by atoms with Gasteiger partial charge in [-0.2, -0.15) is 0 Å². The van der Waals surface area contributed by atoms with Crippen molar-refractivity contribution in [1.29, 1.82) is 0 Å². The van der Waals surface area contributed by atoms with Gasteiger partial charge in [-0.1, -0.05) is 11.6 Å². The fourth-order valence-electron chi connectivity index (χ4n) is 3.18. The number of rotatable bonds is 2. The van der Waals surface area contributed by atoms with E-state index in [2.05, 4.69) is 22.1 Å². The molecule has 3 nitrogen and oxygen atoms in total. The van der Waals surface area contributed by atoms with Gasteiger partial charge in [-0.25, -0.2) is 0 Å². The number of hydrogen-bond acceptors (Lipinski definition) is 3. The molecule has 1 unspecified atom stereocenters. The molecule has 4 rings (SSSR count). The second-order valence-corrected chi connectivity index (χ2v) is 7.01. The van der Waals surface area contributed by atoms with Crippen LogP contribution < -0.4 is 10.6 Å². The van der Waals surface area contributed by atoms with Gasteiger partial charge in [0, 0.05) is 10.6 Å². The van der Waals surface area contributed by atoms with Crippen molar-refractivity contribution in [2.75, 3.05) is 10.6 Å². The molecule has 0 saturated carbocycles. The zero-order valence-corrected chi connectivity index (χ0v) is 13.0. The van der Waals surface area contributed by atoms with E-state index in [0.29, 0.717) is 17.5 Å². The van der Waals surface area contributed by atoms with Crippen molar-refractivity contribution >= 4 is 40.2 Å². The van der Waals surface area contributed by atoms with E-state index in [4.69, 9.17) is 11.6 Å². The summed E-state index contributed by atoms with van der Waals surface area (Å²) in [6.45, 7) is 0. The van der Waals surface area contributed by atoms with Crippen LogP contribution in [-0.4, -0.2) is 5.91 Å². The van der Waals surface area contributed by atoms with Crippen molar-refractivity contribution in [3.63, 3.8) is 0 Å². The first-order valence-corrected chi connectivity index (χ1v) is 8.41. The summed E-state index contributed by atoms with van der Waals surface area (Å²) in [6, 6.07) is 6.39. The van der Waals surface area contributed by atoms with E-state index >= 15 is 0 Å². The van der Waals surface area contributed by atoms with Crippen LogP contribution in [0.3, 0.4) is 0 Å². The lowest BCUT2D eigenvalue weighted by Crippen LogP contribution is -2.15. The summed E-state index contributed by atoms with van der Waals surface area (Å²) in [5, 5.41) is 9.23. The van der Waals surface area contributed by atoms with Gasteiger partial charge in [0.2, 0.25) is 5.91 Å². The molecule has 2 heterocycles. The fraction of sp³-hybridized carbons (Fsp3) is 0.312. The van der Waals surface area contributed by atoms with Gasteiger partial charge in [0.15, 0.2) is 0 Å². The molecule has 0 radical (unpaired) electrons. The first-order chi connectivity index (χ1) is 10.2. The highest BCUT2D eigenvalue weighted by molar-refractivity contribution is 7.10. The third-order valence-corrected chi connectivity index (χ3v) is 5.51. The molecule has 0 spiro atoms. The van der Waals surface area contributed by atoms with Crippen LogP contribution in [-0.2, 0) is 17.6 Å². The minimum Gasteiger partial charge on any atom is -0.377 e. The molecular weight excluding hydrogens is 304 g/mol. The number of anilines is 2. The molecule has 0 bridgehead atoms. The number of hydrogen-bond donors (Lipinski definition) is 2. The van der Waals surface area contributed by atoms with E-state index in [0.717, 1.165) is 23.4 Å². The van der Waals surface area contributed by atoms with Gasteiger partial charge >= 0.3 is 0 Å². The topological polar surface area (TPSA) is 41.1 Å². The molecular formula is C16H15ClN2OS. The van der Waals surface area contributed by atoms with E-state index in [-0.39, 0.29) is 5.91 Å². The van der Waals surface area contributed by atoms with Gasteiger partial charge in [0.05, 0.1) is 23.2 Å². The van der Waals surface area contributed by atoms with Crippen molar-refractivity contribution < 1.29 is 4.79 Å². The first-order valence-electron chi connectivity index (χ1n) is 7.16. The van der Waals surface area contributed by atoms with Crippen LogP contribution >= 0.6 is 22.9 Å². The number of amides is 1. The molecule has 108 valence electrons. The Morgan fingerprint density at radius 3 is 3.19 bits per heavy atom. The highest BCUT2D eigenvalue weighted by Crippen LogP contribution is 2.39.